The molecule has 0 bridgehead atoms. The third kappa shape index (κ3) is 4.43. The number of rotatable bonds is 6. The fraction of sp³-hybridized carbons (Fsp3) is 0.158. The van der Waals surface area contributed by atoms with Gasteiger partial charge < -0.3 is 15.4 Å². The van der Waals surface area contributed by atoms with Crippen molar-refractivity contribution >= 4 is 39.8 Å². The van der Waals surface area contributed by atoms with Gasteiger partial charge in [-0.05, 0) is 30.3 Å². The largest absolute Gasteiger partial charge is 0.495 e. The number of methoxy groups -OCH3 is 1. The lowest BCUT2D eigenvalue weighted by Gasteiger charge is -2.12. The first-order valence-electron chi connectivity index (χ1n) is 8.09. The average molecular weight is 392 g/mol. The van der Waals surface area contributed by atoms with Crippen LogP contribution in [0.5, 0.6) is 5.75 Å². The van der Waals surface area contributed by atoms with Gasteiger partial charge >= 0.3 is 0 Å². The highest BCUT2D eigenvalue weighted by Crippen LogP contribution is 2.28. The Morgan fingerprint density at radius 3 is 2.78 bits per heavy atom. The fourth-order valence-corrected chi connectivity index (χ4v) is 2.81. The van der Waals surface area contributed by atoms with Crippen LogP contribution in [0.2, 0.25) is 5.02 Å². The predicted molar refractivity (Wildman–Crippen MR) is 101 cm³/mol. The van der Waals surface area contributed by atoms with Crippen molar-refractivity contribution in [3.63, 3.8) is 0 Å². The van der Waals surface area contributed by atoms with Crippen molar-refractivity contribution in [3.05, 3.63) is 59.3 Å². The summed E-state index contributed by atoms with van der Waals surface area (Å²) in [6, 6.07) is 8.48. The minimum absolute atomic E-state index is 0.0644. The van der Waals surface area contributed by atoms with E-state index in [-0.39, 0.29) is 24.4 Å². The summed E-state index contributed by atoms with van der Waals surface area (Å²) in [5, 5.41) is 6.51. The van der Waals surface area contributed by atoms with Crippen LogP contribution in [0.15, 0.2) is 42.6 Å². The summed E-state index contributed by atoms with van der Waals surface area (Å²) in [6.07, 6.45) is 1.54. The van der Waals surface area contributed by atoms with E-state index < -0.39 is 11.6 Å². The van der Waals surface area contributed by atoms with Gasteiger partial charge in [0.2, 0.25) is 5.91 Å². The standard InChI is InChI=1S/C19H16ClF2N3O2/c1-27-17-3-2-11(20)8-16(17)25-18(26)5-7-23-15-4-6-24-19-13(15)9-12(21)10-14(19)22/h2-4,6,8-10H,5,7H2,1H3,(H,23,24)(H,25,26). The molecule has 1 amide bonds. The monoisotopic (exact) mass is 391 g/mol. The lowest BCUT2D eigenvalue weighted by atomic mass is 10.1. The molecule has 3 aromatic rings. The normalized spacial score (nSPS) is 10.7. The van der Waals surface area contributed by atoms with Gasteiger partial charge in [0, 0.05) is 41.3 Å². The van der Waals surface area contributed by atoms with Crippen LogP contribution in [-0.4, -0.2) is 24.5 Å². The maximum absolute atomic E-state index is 13.8. The van der Waals surface area contributed by atoms with Gasteiger partial charge in [0.1, 0.15) is 17.1 Å². The van der Waals surface area contributed by atoms with Crippen molar-refractivity contribution in [2.75, 3.05) is 24.3 Å². The van der Waals surface area contributed by atoms with Gasteiger partial charge in [-0.3, -0.25) is 9.78 Å². The molecule has 2 aromatic carbocycles. The minimum Gasteiger partial charge on any atom is -0.495 e. The topological polar surface area (TPSA) is 63.2 Å². The Balaban J connectivity index is 1.66. The highest BCUT2D eigenvalue weighted by Gasteiger charge is 2.11. The van der Waals surface area contributed by atoms with E-state index in [2.05, 4.69) is 15.6 Å². The lowest BCUT2D eigenvalue weighted by molar-refractivity contribution is -0.116. The zero-order chi connectivity index (χ0) is 19.4. The first-order chi connectivity index (χ1) is 13.0. The Bertz CT molecular complexity index is 998. The van der Waals surface area contributed by atoms with Crippen LogP contribution >= 0.6 is 11.6 Å². The second-order valence-electron chi connectivity index (χ2n) is 5.71. The van der Waals surface area contributed by atoms with Gasteiger partial charge in [-0.15, -0.1) is 0 Å². The average Bonchev–Trinajstić information content (AvgIpc) is 2.62. The molecule has 0 fully saturated rings. The summed E-state index contributed by atoms with van der Waals surface area (Å²) in [5.74, 6) is -1.20. The van der Waals surface area contributed by atoms with Crippen LogP contribution in [0.25, 0.3) is 10.9 Å². The summed E-state index contributed by atoms with van der Waals surface area (Å²) >= 11 is 5.94. The number of carbonyl (C=O) groups excluding carboxylic acids is 1. The number of amides is 1. The van der Waals surface area contributed by atoms with E-state index in [0.717, 1.165) is 6.07 Å². The molecule has 8 heteroatoms. The molecule has 140 valence electrons. The highest BCUT2D eigenvalue weighted by molar-refractivity contribution is 6.31. The fourth-order valence-electron chi connectivity index (χ4n) is 2.63. The Morgan fingerprint density at radius 2 is 2.00 bits per heavy atom. The molecule has 0 aliphatic carbocycles. The number of fused-ring (bicyclic) bond motifs is 1. The Kier molecular flexibility index (Phi) is 5.71. The van der Waals surface area contributed by atoms with Crippen LogP contribution < -0.4 is 15.4 Å². The Labute approximate surface area is 159 Å². The number of anilines is 2. The molecular formula is C19H16ClF2N3O2. The maximum atomic E-state index is 13.8. The van der Waals surface area contributed by atoms with E-state index in [0.29, 0.717) is 27.5 Å². The second-order valence-corrected chi connectivity index (χ2v) is 6.15. The van der Waals surface area contributed by atoms with Crippen molar-refractivity contribution in [1.29, 1.82) is 0 Å². The molecule has 0 aliphatic rings. The van der Waals surface area contributed by atoms with Gasteiger partial charge in [-0.2, -0.15) is 0 Å². The van der Waals surface area contributed by atoms with Crippen LogP contribution in [0.3, 0.4) is 0 Å². The molecule has 0 radical (unpaired) electrons. The quantitative estimate of drug-likeness (QED) is 0.643. The number of aromatic nitrogens is 1. The van der Waals surface area contributed by atoms with E-state index in [4.69, 9.17) is 16.3 Å². The molecule has 0 saturated carbocycles. The number of halogens is 3. The third-order valence-electron chi connectivity index (χ3n) is 3.87. The summed E-state index contributed by atoms with van der Waals surface area (Å²) in [6.45, 7) is 0.256. The number of pyridine rings is 1. The number of ether oxygens (including phenoxy) is 1. The first kappa shape index (κ1) is 18.8. The maximum Gasteiger partial charge on any atom is 0.226 e. The van der Waals surface area contributed by atoms with Crippen molar-refractivity contribution in [2.24, 2.45) is 0 Å². The minimum atomic E-state index is -0.737. The number of benzene rings is 2. The predicted octanol–water partition coefficient (Wildman–Crippen LogP) is 4.62. The van der Waals surface area contributed by atoms with E-state index in [1.54, 1.807) is 24.3 Å². The van der Waals surface area contributed by atoms with E-state index in [1.165, 1.54) is 19.4 Å². The van der Waals surface area contributed by atoms with Gasteiger partial charge in [0.05, 0.1) is 12.8 Å². The van der Waals surface area contributed by atoms with E-state index in [9.17, 15) is 13.6 Å². The Morgan fingerprint density at radius 1 is 1.19 bits per heavy atom. The molecule has 0 aliphatic heterocycles. The van der Waals surface area contributed by atoms with Crippen LogP contribution in [0.1, 0.15) is 6.42 Å². The highest BCUT2D eigenvalue weighted by atomic mass is 35.5. The van der Waals surface area contributed by atoms with Gasteiger partial charge in [0.15, 0.2) is 5.82 Å². The number of carbonyl (C=O) groups is 1. The molecule has 2 N–H and O–H groups in total. The van der Waals surface area contributed by atoms with E-state index >= 15 is 0 Å². The molecule has 0 unspecified atom stereocenters. The number of nitrogens with zero attached hydrogens (tertiary/aromatic N) is 1. The second kappa shape index (κ2) is 8.18. The Hall–Kier alpha value is -2.93. The molecule has 1 heterocycles. The van der Waals surface area contributed by atoms with Crippen LogP contribution in [0, 0.1) is 11.6 Å². The molecule has 3 rings (SSSR count). The molecular weight excluding hydrogens is 376 g/mol. The van der Waals surface area contributed by atoms with Crippen molar-refractivity contribution in [3.8, 4) is 5.75 Å². The zero-order valence-corrected chi connectivity index (χ0v) is 15.1. The van der Waals surface area contributed by atoms with Crippen LogP contribution in [-0.2, 0) is 4.79 Å². The lowest BCUT2D eigenvalue weighted by Crippen LogP contribution is -2.17. The number of hydrogen-bond acceptors (Lipinski definition) is 4. The van der Waals surface area contributed by atoms with Crippen molar-refractivity contribution in [1.82, 2.24) is 4.98 Å². The molecule has 27 heavy (non-hydrogen) atoms. The number of hydrogen-bond donors (Lipinski definition) is 2. The summed E-state index contributed by atoms with van der Waals surface area (Å²) in [7, 11) is 1.49. The summed E-state index contributed by atoms with van der Waals surface area (Å²) in [4.78, 5) is 16.1. The van der Waals surface area contributed by atoms with Gasteiger partial charge in [-0.25, -0.2) is 8.78 Å². The molecule has 1 aromatic heterocycles. The summed E-state index contributed by atoms with van der Waals surface area (Å²) in [5.41, 5.74) is 1.02. The summed E-state index contributed by atoms with van der Waals surface area (Å²) < 4.78 is 32.5. The molecule has 0 spiro atoms. The zero-order valence-electron chi connectivity index (χ0n) is 14.4. The van der Waals surface area contributed by atoms with Crippen molar-refractivity contribution < 1.29 is 18.3 Å². The molecule has 5 nitrogen and oxygen atoms in total. The molecule has 0 atom stereocenters. The molecule has 0 saturated heterocycles. The SMILES string of the molecule is COc1ccc(Cl)cc1NC(=O)CCNc1ccnc2c(F)cc(F)cc12. The van der Waals surface area contributed by atoms with E-state index in [1.807, 2.05) is 0 Å². The van der Waals surface area contributed by atoms with Gasteiger partial charge in [0.25, 0.3) is 0 Å². The smallest absolute Gasteiger partial charge is 0.226 e. The third-order valence-corrected chi connectivity index (χ3v) is 4.10. The first-order valence-corrected chi connectivity index (χ1v) is 8.47. The van der Waals surface area contributed by atoms with Gasteiger partial charge in [-0.1, -0.05) is 11.6 Å². The number of nitrogens with one attached hydrogen (secondary N) is 2. The van der Waals surface area contributed by atoms with Crippen molar-refractivity contribution in [2.45, 2.75) is 6.42 Å². The van der Waals surface area contributed by atoms with Crippen LogP contribution in [0.4, 0.5) is 20.2 Å².